The number of benzene rings is 1. The van der Waals surface area contributed by atoms with Gasteiger partial charge in [-0.25, -0.2) is 14.4 Å². The minimum atomic E-state index is -0.154. The summed E-state index contributed by atoms with van der Waals surface area (Å²) < 4.78 is 14.2. The zero-order chi connectivity index (χ0) is 22.2. The van der Waals surface area contributed by atoms with Gasteiger partial charge in [-0.3, -0.25) is 0 Å². The number of anilines is 2. The van der Waals surface area contributed by atoms with E-state index in [4.69, 9.17) is 4.98 Å². The van der Waals surface area contributed by atoms with E-state index in [0.29, 0.717) is 11.7 Å². The van der Waals surface area contributed by atoms with E-state index < -0.39 is 0 Å². The third-order valence-electron chi connectivity index (χ3n) is 5.83. The maximum absolute atomic E-state index is 14.2. The highest BCUT2D eigenvalue weighted by Gasteiger charge is 2.23. The highest BCUT2D eigenvalue weighted by Crippen LogP contribution is 2.25. The largest absolute Gasteiger partial charge is 0.366 e. The number of nitrogens with zero attached hydrogens (tertiary/aromatic N) is 4. The van der Waals surface area contributed by atoms with Gasteiger partial charge in [-0.05, 0) is 37.7 Å². The maximum atomic E-state index is 14.2. The lowest BCUT2D eigenvalue weighted by Crippen LogP contribution is -2.47. The number of thioether (sulfide) groups is 1. The molecule has 5 nitrogen and oxygen atoms in total. The van der Waals surface area contributed by atoms with E-state index in [-0.39, 0.29) is 5.82 Å². The molecule has 7 heteroatoms. The second kappa shape index (κ2) is 11.7. The molecule has 1 aromatic heterocycles. The van der Waals surface area contributed by atoms with Gasteiger partial charge < -0.3 is 15.1 Å². The Kier molecular flexibility index (Phi) is 8.96. The molecule has 1 N–H and O–H groups in total. The Bertz CT molecular complexity index is 823. The first-order valence-electron chi connectivity index (χ1n) is 11.4. The summed E-state index contributed by atoms with van der Waals surface area (Å²) >= 11 is 1.56. The van der Waals surface area contributed by atoms with Gasteiger partial charge in [0.05, 0.1) is 5.69 Å². The van der Waals surface area contributed by atoms with Gasteiger partial charge in [0.1, 0.15) is 11.6 Å². The van der Waals surface area contributed by atoms with Gasteiger partial charge in [-0.2, -0.15) is 0 Å². The first kappa shape index (κ1) is 23.8. The molecule has 0 radical (unpaired) electrons. The van der Waals surface area contributed by atoms with E-state index >= 15 is 0 Å². The van der Waals surface area contributed by atoms with Crippen molar-refractivity contribution in [3.63, 3.8) is 0 Å². The van der Waals surface area contributed by atoms with E-state index in [1.807, 2.05) is 24.6 Å². The third kappa shape index (κ3) is 6.81. The van der Waals surface area contributed by atoms with Crippen LogP contribution in [0.2, 0.25) is 0 Å². The summed E-state index contributed by atoms with van der Waals surface area (Å²) in [5, 5.41) is 4.45. The maximum Gasteiger partial charge on any atom is 0.189 e. The van der Waals surface area contributed by atoms with Crippen LogP contribution in [0.15, 0.2) is 35.6 Å². The van der Waals surface area contributed by atoms with Crippen molar-refractivity contribution in [2.75, 3.05) is 42.2 Å². The molecule has 1 aliphatic heterocycles. The second-order valence-corrected chi connectivity index (χ2v) is 9.51. The number of halogens is 1. The zero-order valence-corrected chi connectivity index (χ0v) is 20.1. The average molecular weight is 446 g/mol. The van der Waals surface area contributed by atoms with Gasteiger partial charge in [0.2, 0.25) is 0 Å². The summed E-state index contributed by atoms with van der Waals surface area (Å²) in [6.45, 7) is 10.8. The van der Waals surface area contributed by atoms with E-state index in [1.165, 1.54) is 25.3 Å². The van der Waals surface area contributed by atoms with Crippen molar-refractivity contribution in [3.8, 4) is 0 Å². The van der Waals surface area contributed by atoms with Crippen LogP contribution in [0.1, 0.15) is 45.6 Å². The first-order valence-corrected chi connectivity index (χ1v) is 12.6. The first-order chi connectivity index (χ1) is 15.0. The van der Waals surface area contributed by atoms with Gasteiger partial charge in [-0.1, -0.05) is 50.6 Å². The molecule has 2 aromatic rings. The Morgan fingerprint density at radius 1 is 1.06 bits per heavy atom. The van der Waals surface area contributed by atoms with Crippen molar-refractivity contribution in [1.82, 2.24) is 15.3 Å². The Hall–Kier alpha value is -1.86. The fourth-order valence-electron chi connectivity index (χ4n) is 3.96. The monoisotopic (exact) mass is 445 g/mol. The molecule has 0 aliphatic carbocycles. The Balaban J connectivity index is 1.63. The topological polar surface area (TPSA) is 44.3 Å². The normalized spacial score (nSPS) is 15.5. The fourth-order valence-corrected chi connectivity index (χ4v) is 4.30. The summed E-state index contributed by atoms with van der Waals surface area (Å²) in [5.41, 5.74) is 1.82. The second-order valence-electron chi connectivity index (χ2n) is 8.74. The van der Waals surface area contributed by atoms with Crippen LogP contribution in [0.25, 0.3) is 0 Å². The highest BCUT2D eigenvalue weighted by molar-refractivity contribution is 7.98. The highest BCUT2D eigenvalue weighted by atomic mass is 32.2. The zero-order valence-electron chi connectivity index (χ0n) is 19.3. The molecule has 0 spiro atoms. The average Bonchev–Trinajstić information content (AvgIpc) is 2.78. The molecular weight excluding hydrogens is 409 g/mol. The number of para-hydroxylation sites is 1. The van der Waals surface area contributed by atoms with Crippen molar-refractivity contribution < 1.29 is 4.39 Å². The minimum Gasteiger partial charge on any atom is -0.366 e. The summed E-state index contributed by atoms with van der Waals surface area (Å²) in [5.74, 6) is 1.61. The molecule has 0 bridgehead atoms. The molecule has 1 saturated heterocycles. The lowest BCUT2D eigenvalue weighted by atomic mass is 10.0. The van der Waals surface area contributed by atoms with Gasteiger partial charge in [0.15, 0.2) is 5.16 Å². The summed E-state index contributed by atoms with van der Waals surface area (Å²) in [6.07, 6.45) is 7.67. The fraction of sp³-hybridized carbons (Fsp3) is 0.583. The molecule has 31 heavy (non-hydrogen) atoms. The molecule has 1 fully saturated rings. The quantitative estimate of drug-likeness (QED) is 0.412. The lowest BCUT2D eigenvalue weighted by molar-refractivity contribution is 0.456. The number of hydrogen-bond donors (Lipinski definition) is 1. The third-order valence-corrected chi connectivity index (χ3v) is 6.40. The van der Waals surface area contributed by atoms with Crippen molar-refractivity contribution in [1.29, 1.82) is 0 Å². The number of aromatic nitrogens is 2. The lowest BCUT2D eigenvalue weighted by Gasteiger charge is -2.37. The van der Waals surface area contributed by atoms with Crippen LogP contribution < -0.4 is 15.1 Å². The van der Waals surface area contributed by atoms with E-state index in [9.17, 15) is 4.39 Å². The molecule has 3 rings (SSSR count). The Labute approximate surface area is 190 Å². The molecular formula is C24H36FN5S. The van der Waals surface area contributed by atoms with Crippen LogP contribution in [-0.4, -0.2) is 48.4 Å². The number of hydrogen-bond acceptors (Lipinski definition) is 6. The molecule has 0 saturated carbocycles. The standard InChI is InChI=1S/C24H36FN5S/c1-18(2)8-7-9-19(3)26-16-20-17-27-24(31-4)28-23(20)30-14-12-29(13-15-30)22-11-6-5-10-21(22)25/h5-6,10-11,17-19,26H,7-9,12-16H2,1-4H3. The van der Waals surface area contributed by atoms with Gasteiger partial charge in [-0.15, -0.1) is 0 Å². The smallest absolute Gasteiger partial charge is 0.189 e. The number of rotatable bonds is 10. The molecule has 2 heterocycles. The molecule has 1 aliphatic rings. The minimum absolute atomic E-state index is 0.154. The van der Waals surface area contributed by atoms with Gasteiger partial charge in [0.25, 0.3) is 0 Å². The summed E-state index contributed by atoms with van der Waals surface area (Å²) in [7, 11) is 0. The van der Waals surface area contributed by atoms with Crippen LogP contribution in [0.3, 0.4) is 0 Å². The Morgan fingerprint density at radius 3 is 2.45 bits per heavy atom. The van der Waals surface area contributed by atoms with Gasteiger partial charge >= 0.3 is 0 Å². The molecule has 1 atom stereocenters. The van der Waals surface area contributed by atoms with Crippen molar-refractivity contribution >= 4 is 23.3 Å². The predicted molar refractivity (Wildman–Crippen MR) is 130 cm³/mol. The van der Waals surface area contributed by atoms with E-state index in [1.54, 1.807) is 17.8 Å². The SMILES string of the molecule is CSc1ncc(CNC(C)CCCC(C)C)c(N2CCN(c3ccccc3F)CC2)n1. The molecule has 1 aromatic carbocycles. The van der Waals surface area contributed by atoms with E-state index in [2.05, 4.69) is 40.9 Å². The van der Waals surface area contributed by atoms with Crippen molar-refractivity contribution in [2.24, 2.45) is 5.92 Å². The molecule has 1 unspecified atom stereocenters. The van der Waals surface area contributed by atoms with Crippen LogP contribution in [0, 0.1) is 11.7 Å². The van der Waals surface area contributed by atoms with Crippen molar-refractivity contribution in [2.45, 2.75) is 57.8 Å². The molecule has 170 valence electrons. The van der Waals surface area contributed by atoms with Crippen LogP contribution >= 0.6 is 11.8 Å². The predicted octanol–water partition coefficient (Wildman–Crippen LogP) is 4.97. The summed E-state index contributed by atoms with van der Waals surface area (Å²) in [4.78, 5) is 13.8. The van der Waals surface area contributed by atoms with Crippen LogP contribution in [0.4, 0.5) is 15.9 Å². The van der Waals surface area contributed by atoms with E-state index in [0.717, 1.165) is 55.2 Å². The van der Waals surface area contributed by atoms with Gasteiger partial charge in [0, 0.05) is 50.5 Å². The van der Waals surface area contributed by atoms with Crippen LogP contribution in [0.5, 0.6) is 0 Å². The molecule has 0 amide bonds. The van der Waals surface area contributed by atoms with Crippen molar-refractivity contribution in [3.05, 3.63) is 41.8 Å². The Morgan fingerprint density at radius 2 is 1.77 bits per heavy atom. The summed E-state index contributed by atoms with van der Waals surface area (Å²) in [6, 6.07) is 7.49. The number of nitrogens with one attached hydrogen (secondary N) is 1. The van der Waals surface area contributed by atoms with Crippen LogP contribution in [-0.2, 0) is 6.54 Å². The number of piperazine rings is 1.